The van der Waals surface area contributed by atoms with Gasteiger partial charge in [0.2, 0.25) is 0 Å². The molecule has 29 heavy (non-hydrogen) atoms. The fourth-order valence-corrected chi connectivity index (χ4v) is 3.37. The number of aryl methyl sites for hydroxylation is 1. The van der Waals surface area contributed by atoms with E-state index >= 15 is 0 Å². The van der Waals surface area contributed by atoms with E-state index in [-0.39, 0.29) is 5.76 Å². The molecule has 0 radical (unpaired) electrons. The normalized spacial score (nSPS) is 10.7. The molecule has 2 heterocycles. The number of aromatic nitrogens is 1. The Morgan fingerprint density at radius 2 is 1.93 bits per heavy atom. The molecule has 2 amide bonds. The summed E-state index contributed by atoms with van der Waals surface area (Å²) in [6, 6.07) is 14.0. The quantitative estimate of drug-likeness (QED) is 0.490. The number of thiazole rings is 1. The van der Waals surface area contributed by atoms with Crippen molar-refractivity contribution < 1.29 is 18.7 Å². The van der Waals surface area contributed by atoms with Crippen LogP contribution in [0.3, 0.4) is 0 Å². The second kappa shape index (κ2) is 8.15. The molecule has 0 aliphatic carbocycles. The predicted octanol–water partition coefficient (Wildman–Crippen LogP) is 3.85. The number of para-hydroxylation sites is 1. The highest BCUT2D eigenvalue weighted by molar-refractivity contribution is 7.07. The summed E-state index contributed by atoms with van der Waals surface area (Å²) in [7, 11) is 0. The molecule has 0 unspecified atom stereocenters. The molecule has 0 aliphatic heterocycles. The van der Waals surface area contributed by atoms with Crippen molar-refractivity contribution in [3.8, 4) is 5.75 Å². The first-order chi connectivity index (χ1) is 14.1. The molecule has 7 nitrogen and oxygen atoms in total. The standard InChI is InChI=1S/C21H17N3O4S/c1-13-17-7-2-3-8-18(17)28-19(13)21(26)24-23-20(25)14-5-4-6-16(9-14)27-10-15-11-29-12-22-15/h2-9,11-12H,10H2,1H3,(H,23,25)(H,24,26). The van der Waals surface area contributed by atoms with Crippen LogP contribution in [0.1, 0.15) is 32.2 Å². The number of hydrogen-bond acceptors (Lipinski definition) is 6. The Kier molecular flexibility index (Phi) is 5.26. The highest BCUT2D eigenvalue weighted by Crippen LogP contribution is 2.24. The van der Waals surface area contributed by atoms with Crippen LogP contribution in [0.2, 0.25) is 0 Å². The number of rotatable bonds is 5. The number of hydrazine groups is 1. The minimum atomic E-state index is -0.525. The minimum absolute atomic E-state index is 0.159. The molecule has 146 valence electrons. The average molecular weight is 407 g/mol. The van der Waals surface area contributed by atoms with E-state index < -0.39 is 11.8 Å². The monoisotopic (exact) mass is 407 g/mol. The Morgan fingerprint density at radius 3 is 2.72 bits per heavy atom. The molecule has 2 aromatic heterocycles. The molecule has 0 fully saturated rings. The number of benzene rings is 2. The smallest absolute Gasteiger partial charge is 0.305 e. The van der Waals surface area contributed by atoms with Crippen LogP contribution < -0.4 is 15.6 Å². The van der Waals surface area contributed by atoms with Crippen LogP contribution in [-0.2, 0) is 6.61 Å². The molecular formula is C21H17N3O4S. The van der Waals surface area contributed by atoms with Gasteiger partial charge in [-0.2, -0.15) is 0 Å². The topological polar surface area (TPSA) is 93.5 Å². The first-order valence-corrected chi connectivity index (χ1v) is 9.75. The van der Waals surface area contributed by atoms with Crippen molar-refractivity contribution in [1.82, 2.24) is 15.8 Å². The van der Waals surface area contributed by atoms with Gasteiger partial charge in [-0.25, -0.2) is 4.98 Å². The van der Waals surface area contributed by atoms with Crippen molar-refractivity contribution in [2.24, 2.45) is 0 Å². The molecule has 2 aromatic carbocycles. The molecular weight excluding hydrogens is 390 g/mol. The Hall–Kier alpha value is -3.65. The lowest BCUT2D eigenvalue weighted by Crippen LogP contribution is -2.41. The average Bonchev–Trinajstić information content (AvgIpc) is 3.39. The Morgan fingerprint density at radius 1 is 1.10 bits per heavy atom. The Bertz CT molecular complexity index is 1170. The van der Waals surface area contributed by atoms with Gasteiger partial charge in [-0.3, -0.25) is 20.4 Å². The van der Waals surface area contributed by atoms with Gasteiger partial charge in [0.25, 0.3) is 5.91 Å². The first kappa shape index (κ1) is 18.7. The van der Waals surface area contributed by atoms with Crippen LogP contribution in [0.25, 0.3) is 11.0 Å². The van der Waals surface area contributed by atoms with Crippen LogP contribution in [0.4, 0.5) is 0 Å². The van der Waals surface area contributed by atoms with E-state index in [1.54, 1.807) is 42.8 Å². The number of amides is 2. The van der Waals surface area contributed by atoms with Crippen molar-refractivity contribution in [3.05, 3.63) is 82.0 Å². The summed E-state index contributed by atoms with van der Waals surface area (Å²) in [5.41, 5.74) is 9.02. The number of furan rings is 1. The van der Waals surface area contributed by atoms with Gasteiger partial charge in [0.1, 0.15) is 17.9 Å². The van der Waals surface area contributed by atoms with Crippen LogP contribution in [-0.4, -0.2) is 16.8 Å². The number of nitrogens with one attached hydrogen (secondary N) is 2. The molecule has 2 N–H and O–H groups in total. The number of fused-ring (bicyclic) bond motifs is 1. The van der Waals surface area contributed by atoms with E-state index in [1.165, 1.54) is 11.3 Å². The summed E-state index contributed by atoms with van der Waals surface area (Å²) in [5, 5.41) is 2.75. The number of nitrogens with zero attached hydrogens (tertiary/aromatic N) is 1. The first-order valence-electron chi connectivity index (χ1n) is 8.80. The molecule has 8 heteroatoms. The Labute approximate surface area is 170 Å². The largest absolute Gasteiger partial charge is 0.487 e. The molecule has 0 bridgehead atoms. The van der Waals surface area contributed by atoms with Gasteiger partial charge in [-0.15, -0.1) is 11.3 Å². The fourth-order valence-electron chi connectivity index (χ4n) is 2.83. The summed E-state index contributed by atoms with van der Waals surface area (Å²) in [4.78, 5) is 29.0. The van der Waals surface area contributed by atoms with E-state index in [9.17, 15) is 9.59 Å². The number of carbonyl (C=O) groups excluding carboxylic acids is 2. The zero-order chi connectivity index (χ0) is 20.2. The summed E-state index contributed by atoms with van der Waals surface area (Å²) in [6.07, 6.45) is 0. The van der Waals surface area contributed by atoms with Gasteiger partial charge in [-0.05, 0) is 31.2 Å². The van der Waals surface area contributed by atoms with Crippen LogP contribution >= 0.6 is 11.3 Å². The summed E-state index contributed by atoms with van der Waals surface area (Å²) in [6.45, 7) is 2.11. The van der Waals surface area contributed by atoms with Crippen molar-refractivity contribution in [3.63, 3.8) is 0 Å². The third kappa shape index (κ3) is 4.12. The SMILES string of the molecule is Cc1c(C(=O)NNC(=O)c2cccc(OCc3cscn3)c2)oc2ccccc12. The van der Waals surface area contributed by atoms with Gasteiger partial charge < -0.3 is 9.15 Å². The van der Waals surface area contributed by atoms with E-state index in [2.05, 4.69) is 15.8 Å². The van der Waals surface area contributed by atoms with Crippen LogP contribution in [0.15, 0.2) is 63.8 Å². The van der Waals surface area contributed by atoms with E-state index in [4.69, 9.17) is 9.15 Å². The molecule has 4 rings (SSSR count). The van der Waals surface area contributed by atoms with E-state index in [1.807, 2.05) is 23.6 Å². The van der Waals surface area contributed by atoms with Gasteiger partial charge in [-0.1, -0.05) is 24.3 Å². The number of ether oxygens (including phenoxy) is 1. The lowest BCUT2D eigenvalue weighted by molar-refractivity contribution is 0.0831. The summed E-state index contributed by atoms with van der Waals surface area (Å²) >= 11 is 1.49. The molecule has 4 aromatic rings. The lowest BCUT2D eigenvalue weighted by Gasteiger charge is -2.09. The maximum atomic E-state index is 12.4. The van der Waals surface area contributed by atoms with E-state index in [0.29, 0.717) is 29.1 Å². The van der Waals surface area contributed by atoms with Crippen molar-refractivity contribution >= 4 is 34.1 Å². The minimum Gasteiger partial charge on any atom is -0.487 e. The zero-order valence-corrected chi connectivity index (χ0v) is 16.3. The third-order valence-corrected chi connectivity index (χ3v) is 4.94. The predicted molar refractivity (Wildman–Crippen MR) is 109 cm³/mol. The van der Waals surface area contributed by atoms with Crippen molar-refractivity contribution in [2.75, 3.05) is 0 Å². The third-order valence-electron chi connectivity index (χ3n) is 4.31. The van der Waals surface area contributed by atoms with Gasteiger partial charge in [0.05, 0.1) is 11.2 Å². The Balaban J connectivity index is 1.39. The molecule has 0 spiro atoms. The van der Waals surface area contributed by atoms with Crippen molar-refractivity contribution in [2.45, 2.75) is 13.5 Å². The van der Waals surface area contributed by atoms with Gasteiger partial charge >= 0.3 is 5.91 Å². The number of carbonyl (C=O) groups is 2. The summed E-state index contributed by atoms with van der Waals surface area (Å²) in [5.74, 6) is -0.300. The molecule has 0 atom stereocenters. The van der Waals surface area contributed by atoms with Gasteiger partial charge in [0, 0.05) is 21.9 Å². The van der Waals surface area contributed by atoms with Crippen LogP contribution in [0.5, 0.6) is 5.75 Å². The summed E-state index contributed by atoms with van der Waals surface area (Å²) < 4.78 is 11.2. The van der Waals surface area contributed by atoms with E-state index in [0.717, 1.165) is 11.1 Å². The lowest BCUT2D eigenvalue weighted by atomic mass is 10.1. The second-order valence-corrected chi connectivity index (χ2v) is 6.98. The molecule has 0 saturated carbocycles. The molecule has 0 aliphatic rings. The molecule has 0 saturated heterocycles. The second-order valence-electron chi connectivity index (χ2n) is 6.26. The number of hydrogen-bond donors (Lipinski definition) is 2. The van der Waals surface area contributed by atoms with Gasteiger partial charge in [0.15, 0.2) is 5.76 Å². The van der Waals surface area contributed by atoms with Crippen LogP contribution in [0, 0.1) is 6.92 Å². The maximum Gasteiger partial charge on any atom is 0.305 e. The highest BCUT2D eigenvalue weighted by Gasteiger charge is 2.18. The fraction of sp³-hybridized carbons (Fsp3) is 0.0952. The maximum absolute atomic E-state index is 12.4. The van der Waals surface area contributed by atoms with Crippen molar-refractivity contribution in [1.29, 1.82) is 0 Å². The highest BCUT2D eigenvalue weighted by atomic mass is 32.1. The zero-order valence-electron chi connectivity index (χ0n) is 15.5.